The summed E-state index contributed by atoms with van der Waals surface area (Å²) in [5, 5.41) is 3.22. The molecule has 0 aliphatic carbocycles. The van der Waals surface area contributed by atoms with Crippen LogP contribution in [0.2, 0.25) is 0 Å². The van der Waals surface area contributed by atoms with Crippen molar-refractivity contribution in [2.24, 2.45) is 0 Å². The zero-order valence-electron chi connectivity index (χ0n) is 10.3. The number of methoxy groups -OCH3 is 1. The Morgan fingerprint density at radius 3 is 2.82 bits per heavy atom. The fourth-order valence-electron chi connectivity index (χ4n) is 1.23. The second-order valence-electron chi connectivity index (χ2n) is 3.61. The van der Waals surface area contributed by atoms with Crippen LogP contribution < -0.4 is 5.32 Å². The molecule has 94 valence electrons. The van der Waals surface area contributed by atoms with Crippen molar-refractivity contribution in [1.82, 2.24) is 9.97 Å². The minimum Gasteiger partial charge on any atom is -0.464 e. The van der Waals surface area contributed by atoms with Gasteiger partial charge < -0.3 is 10.1 Å². The molecule has 1 unspecified atom stereocenters. The number of nitrogens with zero attached hydrogens (tertiary/aromatic N) is 2. The van der Waals surface area contributed by atoms with Crippen LogP contribution in [0.1, 0.15) is 23.8 Å². The summed E-state index contributed by atoms with van der Waals surface area (Å²) in [7, 11) is 1.32. The second-order valence-corrected chi connectivity index (χ2v) is 4.59. The number of rotatable bonds is 6. The van der Waals surface area contributed by atoms with Crippen LogP contribution in [0.4, 0.5) is 5.82 Å². The van der Waals surface area contributed by atoms with Crippen LogP contribution in [-0.2, 0) is 4.74 Å². The summed E-state index contributed by atoms with van der Waals surface area (Å²) in [6, 6.07) is 0.334. The van der Waals surface area contributed by atoms with Gasteiger partial charge in [0.15, 0.2) is 5.69 Å². The highest BCUT2D eigenvalue weighted by Crippen LogP contribution is 2.07. The zero-order chi connectivity index (χ0) is 12.7. The Kier molecular flexibility index (Phi) is 5.76. The number of hydrogen-bond acceptors (Lipinski definition) is 6. The fraction of sp³-hybridized carbons (Fsp3) is 0.545. The van der Waals surface area contributed by atoms with Crippen LogP contribution in [0.15, 0.2) is 12.4 Å². The molecule has 1 N–H and O–H groups in total. The first-order chi connectivity index (χ1) is 8.17. The van der Waals surface area contributed by atoms with Gasteiger partial charge in [0, 0.05) is 6.04 Å². The maximum atomic E-state index is 11.1. The van der Waals surface area contributed by atoms with Gasteiger partial charge in [0.25, 0.3) is 0 Å². The maximum Gasteiger partial charge on any atom is 0.358 e. The van der Waals surface area contributed by atoms with Gasteiger partial charge in [0.2, 0.25) is 0 Å². The second kappa shape index (κ2) is 7.11. The number of esters is 1. The largest absolute Gasteiger partial charge is 0.464 e. The van der Waals surface area contributed by atoms with Gasteiger partial charge >= 0.3 is 5.97 Å². The molecular formula is C11H17N3O2S. The Balaban J connectivity index is 2.53. The Hall–Kier alpha value is -1.30. The van der Waals surface area contributed by atoms with Crippen molar-refractivity contribution >= 4 is 23.5 Å². The van der Waals surface area contributed by atoms with E-state index in [1.54, 1.807) is 6.20 Å². The summed E-state index contributed by atoms with van der Waals surface area (Å²) >= 11 is 1.81. The number of ether oxygens (including phenoxy) is 1. The van der Waals surface area contributed by atoms with E-state index in [1.807, 2.05) is 11.8 Å². The topological polar surface area (TPSA) is 64.1 Å². The standard InChI is InChI=1S/C11H17N3O2S/c1-8(4-5-17-3)14-10-7-12-9(6-13-10)11(15)16-2/h6-8H,4-5H2,1-3H3,(H,13,14). The molecule has 0 amide bonds. The van der Waals surface area contributed by atoms with Crippen LogP contribution in [0.3, 0.4) is 0 Å². The highest BCUT2D eigenvalue weighted by molar-refractivity contribution is 7.98. The molecule has 6 heteroatoms. The molecule has 0 aliphatic rings. The number of hydrogen-bond donors (Lipinski definition) is 1. The molecular weight excluding hydrogens is 238 g/mol. The molecule has 0 aliphatic heterocycles. The molecule has 1 heterocycles. The Labute approximate surface area is 105 Å². The summed E-state index contributed by atoms with van der Waals surface area (Å²) in [4.78, 5) is 19.2. The Bertz CT molecular complexity index is 356. The van der Waals surface area contributed by atoms with Crippen molar-refractivity contribution in [2.45, 2.75) is 19.4 Å². The van der Waals surface area contributed by atoms with Crippen molar-refractivity contribution in [3.8, 4) is 0 Å². The van der Waals surface area contributed by atoms with E-state index in [0.717, 1.165) is 12.2 Å². The van der Waals surface area contributed by atoms with Crippen molar-refractivity contribution in [3.05, 3.63) is 18.1 Å². The molecule has 17 heavy (non-hydrogen) atoms. The summed E-state index contributed by atoms with van der Waals surface area (Å²) in [6.45, 7) is 2.09. The van der Waals surface area contributed by atoms with E-state index in [0.29, 0.717) is 11.9 Å². The lowest BCUT2D eigenvalue weighted by atomic mass is 10.2. The zero-order valence-corrected chi connectivity index (χ0v) is 11.1. The summed E-state index contributed by atoms with van der Waals surface area (Å²) < 4.78 is 4.55. The van der Waals surface area contributed by atoms with Gasteiger partial charge in [0.05, 0.1) is 19.5 Å². The highest BCUT2D eigenvalue weighted by Gasteiger charge is 2.08. The van der Waals surface area contributed by atoms with Crippen LogP contribution in [-0.4, -0.2) is 41.1 Å². The molecule has 0 saturated heterocycles. The van der Waals surface area contributed by atoms with E-state index in [1.165, 1.54) is 13.3 Å². The van der Waals surface area contributed by atoms with Gasteiger partial charge in [-0.05, 0) is 25.4 Å². The molecule has 0 bridgehead atoms. The van der Waals surface area contributed by atoms with Gasteiger partial charge in [-0.3, -0.25) is 0 Å². The molecule has 0 radical (unpaired) electrons. The lowest BCUT2D eigenvalue weighted by Gasteiger charge is -2.13. The third-order valence-corrected chi connectivity index (χ3v) is 2.84. The average Bonchev–Trinajstić information content (AvgIpc) is 2.36. The van der Waals surface area contributed by atoms with Gasteiger partial charge in [-0.15, -0.1) is 0 Å². The molecule has 1 aromatic heterocycles. The van der Waals surface area contributed by atoms with Gasteiger partial charge in [-0.2, -0.15) is 11.8 Å². The first-order valence-electron chi connectivity index (χ1n) is 5.33. The predicted octanol–water partition coefficient (Wildman–Crippen LogP) is 1.82. The number of thioether (sulfide) groups is 1. The van der Waals surface area contributed by atoms with E-state index in [2.05, 4.69) is 33.2 Å². The van der Waals surface area contributed by atoms with E-state index in [9.17, 15) is 4.79 Å². The van der Waals surface area contributed by atoms with Gasteiger partial charge in [-0.25, -0.2) is 14.8 Å². The molecule has 0 aromatic carbocycles. The third-order valence-electron chi connectivity index (χ3n) is 2.20. The first kappa shape index (κ1) is 13.8. The SMILES string of the molecule is COC(=O)c1cnc(NC(C)CCSC)cn1. The average molecular weight is 255 g/mol. The number of carbonyl (C=O) groups excluding carboxylic acids is 1. The third kappa shape index (κ3) is 4.60. The van der Waals surface area contributed by atoms with Crippen molar-refractivity contribution in [2.75, 3.05) is 24.4 Å². The van der Waals surface area contributed by atoms with Gasteiger partial charge in [-0.1, -0.05) is 0 Å². The Morgan fingerprint density at radius 2 is 2.29 bits per heavy atom. The normalized spacial score (nSPS) is 11.9. The molecule has 1 atom stereocenters. The lowest BCUT2D eigenvalue weighted by Crippen LogP contribution is -2.17. The molecule has 1 rings (SSSR count). The van der Waals surface area contributed by atoms with Crippen LogP contribution in [0.25, 0.3) is 0 Å². The molecule has 0 fully saturated rings. The number of anilines is 1. The van der Waals surface area contributed by atoms with Crippen LogP contribution in [0, 0.1) is 0 Å². The lowest BCUT2D eigenvalue weighted by molar-refractivity contribution is 0.0593. The number of aromatic nitrogens is 2. The molecule has 0 saturated carbocycles. The van der Waals surface area contributed by atoms with E-state index in [-0.39, 0.29) is 5.69 Å². The van der Waals surface area contributed by atoms with Crippen LogP contribution >= 0.6 is 11.8 Å². The van der Waals surface area contributed by atoms with Gasteiger partial charge in [0.1, 0.15) is 5.82 Å². The van der Waals surface area contributed by atoms with Crippen molar-refractivity contribution in [1.29, 1.82) is 0 Å². The minimum atomic E-state index is -0.473. The molecule has 1 aromatic rings. The van der Waals surface area contributed by atoms with Crippen molar-refractivity contribution < 1.29 is 9.53 Å². The van der Waals surface area contributed by atoms with E-state index in [4.69, 9.17) is 0 Å². The van der Waals surface area contributed by atoms with E-state index < -0.39 is 5.97 Å². The first-order valence-corrected chi connectivity index (χ1v) is 6.72. The fourth-order valence-corrected chi connectivity index (χ4v) is 1.82. The summed E-state index contributed by atoms with van der Waals surface area (Å²) in [6.07, 6.45) is 6.09. The highest BCUT2D eigenvalue weighted by atomic mass is 32.2. The number of carbonyl (C=O) groups is 1. The summed E-state index contributed by atoms with van der Waals surface area (Å²) in [5.74, 6) is 1.30. The predicted molar refractivity (Wildman–Crippen MR) is 69.5 cm³/mol. The monoisotopic (exact) mass is 255 g/mol. The van der Waals surface area contributed by atoms with E-state index >= 15 is 0 Å². The number of nitrogens with one attached hydrogen (secondary N) is 1. The Morgan fingerprint density at radius 1 is 1.53 bits per heavy atom. The maximum absolute atomic E-state index is 11.1. The van der Waals surface area contributed by atoms with Crippen molar-refractivity contribution in [3.63, 3.8) is 0 Å². The molecule has 0 spiro atoms. The summed E-state index contributed by atoms with van der Waals surface area (Å²) in [5.41, 5.74) is 0.217. The van der Waals surface area contributed by atoms with Crippen LogP contribution in [0.5, 0.6) is 0 Å². The minimum absolute atomic E-state index is 0.217. The molecule has 5 nitrogen and oxygen atoms in total. The smallest absolute Gasteiger partial charge is 0.358 e. The quantitative estimate of drug-likeness (QED) is 0.782.